The Morgan fingerprint density at radius 2 is 1.14 bits per heavy atom. The minimum absolute atomic E-state index is 0.0517. The minimum atomic E-state index is -0.339. The third-order valence-electron chi connectivity index (χ3n) is 14.6. The molecule has 4 saturated carbocycles. The Bertz CT molecular complexity index is 2280. The summed E-state index contributed by atoms with van der Waals surface area (Å²) in [7, 11) is 0. The molecule has 2 aromatic carbocycles. The summed E-state index contributed by atoms with van der Waals surface area (Å²) in [5.41, 5.74) is 2.20. The van der Waals surface area contributed by atoms with E-state index in [2.05, 4.69) is 4.98 Å². The van der Waals surface area contributed by atoms with E-state index in [9.17, 15) is 28.8 Å². The molecule has 4 aromatic rings. The lowest BCUT2D eigenvalue weighted by molar-refractivity contribution is -0.159. The van der Waals surface area contributed by atoms with E-state index in [1.807, 2.05) is 37.3 Å². The van der Waals surface area contributed by atoms with Gasteiger partial charge in [-0.3, -0.25) is 28.8 Å². The number of hydrogen-bond donors (Lipinski definition) is 1. The summed E-state index contributed by atoms with van der Waals surface area (Å²) in [5.74, 6) is -0.455. The molecule has 0 saturated heterocycles. The fraction of sp³-hybridized carbons (Fsp3) is 0.580. The van der Waals surface area contributed by atoms with Gasteiger partial charge in [0.25, 0.3) is 0 Å². The van der Waals surface area contributed by atoms with Gasteiger partial charge in [-0.1, -0.05) is 18.2 Å². The fourth-order valence-corrected chi connectivity index (χ4v) is 11.4. The van der Waals surface area contributed by atoms with E-state index in [4.69, 9.17) is 23.9 Å². The van der Waals surface area contributed by atoms with Crippen LogP contribution in [0.25, 0.3) is 31.8 Å². The zero-order chi connectivity index (χ0) is 44.2. The highest BCUT2D eigenvalue weighted by Gasteiger charge is 2.36. The molecular formula is C50H60N2O10S. The number of para-hydroxylation sites is 1. The van der Waals surface area contributed by atoms with Gasteiger partial charge in [0.05, 0.1) is 36.0 Å². The van der Waals surface area contributed by atoms with E-state index in [1.165, 1.54) is 11.3 Å². The Balaban J connectivity index is 0.879. The molecule has 336 valence electrons. The predicted molar refractivity (Wildman–Crippen MR) is 238 cm³/mol. The molecule has 0 bridgehead atoms. The highest BCUT2D eigenvalue weighted by atomic mass is 32.1. The molecule has 4 fully saturated rings. The monoisotopic (exact) mass is 880 g/mol. The fourth-order valence-electron chi connectivity index (χ4n) is 10.4. The van der Waals surface area contributed by atoms with Crippen LogP contribution in [-0.2, 0) is 38.2 Å². The van der Waals surface area contributed by atoms with Crippen molar-refractivity contribution >= 4 is 67.9 Å². The predicted octanol–water partition coefficient (Wildman–Crippen LogP) is 10.1. The second kappa shape index (κ2) is 19.9. The first-order valence-electron chi connectivity index (χ1n) is 23.2. The summed E-state index contributed by atoms with van der Waals surface area (Å²) >= 11 is 1.37. The van der Waals surface area contributed by atoms with Crippen LogP contribution in [0.4, 0.5) is 0 Å². The van der Waals surface area contributed by atoms with Gasteiger partial charge in [-0.15, -0.1) is 11.3 Å². The lowest BCUT2D eigenvalue weighted by Crippen LogP contribution is -2.34. The molecule has 0 aliphatic heterocycles. The molecule has 4 aliphatic carbocycles. The van der Waals surface area contributed by atoms with Crippen molar-refractivity contribution in [2.45, 2.75) is 130 Å². The van der Waals surface area contributed by atoms with E-state index in [0.29, 0.717) is 84.7 Å². The first-order chi connectivity index (χ1) is 30.4. The number of carbonyl (C=O) groups is 6. The third kappa shape index (κ3) is 10.6. The second-order valence-corrected chi connectivity index (χ2v) is 19.8. The summed E-state index contributed by atoms with van der Waals surface area (Å²) in [6.07, 6.45) is 10.9. The summed E-state index contributed by atoms with van der Waals surface area (Å²) in [6.45, 7) is 5.53. The topological polar surface area (TPSA) is 168 Å². The number of aromatic amines is 1. The number of ether oxygens (including phenoxy) is 4. The van der Waals surface area contributed by atoms with Crippen molar-refractivity contribution in [2.75, 3.05) is 6.61 Å². The van der Waals surface area contributed by atoms with Crippen LogP contribution >= 0.6 is 11.3 Å². The van der Waals surface area contributed by atoms with E-state index < -0.39 is 0 Å². The van der Waals surface area contributed by atoms with E-state index >= 15 is 0 Å². The van der Waals surface area contributed by atoms with Crippen molar-refractivity contribution in [1.29, 1.82) is 0 Å². The van der Waals surface area contributed by atoms with Crippen molar-refractivity contribution in [3.63, 3.8) is 0 Å². The molecule has 1 atom stereocenters. The second-order valence-electron chi connectivity index (χ2n) is 18.8. The number of H-pyrrole nitrogens is 1. The van der Waals surface area contributed by atoms with Crippen LogP contribution in [0.15, 0.2) is 42.5 Å². The average molecular weight is 881 g/mol. The first-order valence-corrected chi connectivity index (χ1v) is 24.0. The molecule has 13 heteroatoms. The lowest BCUT2D eigenvalue weighted by atomic mass is 9.79. The molecular weight excluding hydrogens is 821 g/mol. The number of carbonyl (C=O) groups excluding carboxylic acids is 6. The zero-order valence-electron chi connectivity index (χ0n) is 36.7. The Morgan fingerprint density at radius 1 is 0.635 bits per heavy atom. The van der Waals surface area contributed by atoms with Gasteiger partial charge in [0.2, 0.25) is 0 Å². The first kappa shape index (κ1) is 44.7. The Hall–Kier alpha value is -4.91. The number of nitrogens with zero attached hydrogens (tertiary/aromatic N) is 1. The largest absolute Gasteiger partial charge is 0.465 e. The molecule has 0 amide bonds. The quantitative estimate of drug-likeness (QED) is 0.100. The summed E-state index contributed by atoms with van der Waals surface area (Å²) in [4.78, 5) is 85.1. The highest BCUT2D eigenvalue weighted by molar-refractivity contribution is 7.22. The van der Waals surface area contributed by atoms with Crippen LogP contribution in [0.1, 0.15) is 124 Å². The van der Waals surface area contributed by atoms with Crippen LogP contribution in [0.2, 0.25) is 0 Å². The van der Waals surface area contributed by atoms with Crippen molar-refractivity contribution < 1.29 is 47.7 Å². The van der Waals surface area contributed by atoms with Gasteiger partial charge < -0.3 is 23.9 Å². The SMILES string of the molecule is CC(=O)C1CCC(C(=O)OCC2CCC(C(=O)Oc3ccc(OC(=O)C4CCC(C(C)OC(=O)C5CCC(C(C)=O)CC5)CC4)c4nc(-c5cc6ccccc6[nH]5)sc34)CC2)CC1. The summed E-state index contributed by atoms with van der Waals surface area (Å²) in [5, 5.41) is 1.70. The molecule has 1 unspecified atom stereocenters. The Kier molecular flexibility index (Phi) is 14.1. The van der Waals surface area contributed by atoms with Crippen molar-refractivity contribution in [3.8, 4) is 22.2 Å². The molecule has 1 N–H and O–H groups in total. The number of nitrogens with one attached hydrogen (secondary N) is 1. The van der Waals surface area contributed by atoms with Gasteiger partial charge >= 0.3 is 23.9 Å². The number of hydrogen-bond acceptors (Lipinski definition) is 12. The Labute approximate surface area is 372 Å². The smallest absolute Gasteiger partial charge is 0.314 e. The number of thiazole rings is 1. The zero-order valence-corrected chi connectivity index (χ0v) is 37.5. The van der Waals surface area contributed by atoms with Crippen molar-refractivity contribution in [1.82, 2.24) is 9.97 Å². The van der Waals surface area contributed by atoms with Crippen molar-refractivity contribution in [3.05, 3.63) is 42.5 Å². The maximum Gasteiger partial charge on any atom is 0.314 e. The molecule has 63 heavy (non-hydrogen) atoms. The van der Waals surface area contributed by atoms with E-state index in [1.54, 1.807) is 26.0 Å². The molecule has 0 spiro atoms. The Morgan fingerprint density at radius 3 is 1.75 bits per heavy atom. The van der Waals surface area contributed by atoms with E-state index in [-0.39, 0.29) is 88.9 Å². The number of benzene rings is 2. The van der Waals surface area contributed by atoms with Gasteiger partial charge in [-0.05, 0) is 160 Å². The molecule has 2 aromatic heterocycles. The maximum absolute atomic E-state index is 13.7. The summed E-state index contributed by atoms with van der Waals surface area (Å²) in [6, 6.07) is 13.3. The van der Waals surface area contributed by atoms with Crippen LogP contribution in [0.5, 0.6) is 11.5 Å². The number of Topliss-reactive ketones (excluding diaryl/α,β-unsaturated/α-hetero) is 2. The number of aromatic nitrogens is 2. The highest BCUT2D eigenvalue weighted by Crippen LogP contribution is 2.43. The number of fused-ring (bicyclic) bond motifs is 2. The van der Waals surface area contributed by atoms with Crippen LogP contribution in [-0.4, -0.2) is 58.1 Å². The van der Waals surface area contributed by atoms with Gasteiger partial charge in [-0.2, -0.15) is 0 Å². The molecule has 8 rings (SSSR count). The number of esters is 4. The lowest BCUT2D eigenvalue weighted by Gasteiger charge is -2.32. The van der Waals surface area contributed by atoms with E-state index in [0.717, 1.165) is 68.0 Å². The van der Waals surface area contributed by atoms with Crippen LogP contribution < -0.4 is 9.47 Å². The number of ketones is 2. The third-order valence-corrected chi connectivity index (χ3v) is 15.7. The maximum atomic E-state index is 13.7. The van der Waals surface area contributed by atoms with Crippen LogP contribution in [0, 0.1) is 47.3 Å². The minimum Gasteiger partial charge on any atom is -0.465 e. The number of rotatable bonds is 13. The van der Waals surface area contributed by atoms with Gasteiger partial charge in [-0.25, -0.2) is 4.98 Å². The van der Waals surface area contributed by atoms with Gasteiger partial charge in [0.1, 0.15) is 32.9 Å². The summed E-state index contributed by atoms with van der Waals surface area (Å²) < 4.78 is 24.5. The standard InChI is InChI=1S/C50H60N2O10S/c1-28(53)32-12-18-35(19-13-32)47(55)59-27-31-8-10-36(11-9-31)50(58)62-43-25-24-42(44-45(43)63-46(52-44)41-26-39-6-4-5-7-40(39)51-41)61-49(57)38-22-16-34(17-23-38)30(3)60-48(56)37-20-14-33(15-21-37)29(2)54/h4-7,24-26,30-38,51H,8-23,27H2,1-3H3. The van der Waals surface area contributed by atoms with Crippen LogP contribution in [0.3, 0.4) is 0 Å². The molecule has 4 aliphatic rings. The molecule has 2 heterocycles. The molecule has 0 radical (unpaired) electrons. The van der Waals surface area contributed by atoms with Crippen molar-refractivity contribution in [2.24, 2.45) is 47.3 Å². The van der Waals surface area contributed by atoms with Gasteiger partial charge in [0.15, 0.2) is 11.5 Å². The van der Waals surface area contributed by atoms with Gasteiger partial charge in [0, 0.05) is 22.7 Å². The average Bonchev–Trinajstić information content (AvgIpc) is 3.95. The normalized spacial score (nSPS) is 27.0. The molecule has 12 nitrogen and oxygen atoms in total.